The lowest BCUT2D eigenvalue weighted by atomic mass is 9.97. The Hall–Kier alpha value is -3.15. The minimum absolute atomic E-state index is 0.188. The van der Waals surface area contributed by atoms with Crippen LogP contribution < -0.4 is 10.1 Å². The van der Waals surface area contributed by atoms with E-state index >= 15 is 0 Å². The van der Waals surface area contributed by atoms with Crippen LogP contribution in [0.25, 0.3) is 11.5 Å². The average Bonchev–Trinajstić information content (AvgIpc) is 3.23. The van der Waals surface area contributed by atoms with Crippen LogP contribution in [0.1, 0.15) is 38.7 Å². The second-order valence-electron chi connectivity index (χ2n) is 6.41. The summed E-state index contributed by atoms with van der Waals surface area (Å²) in [6.07, 6.45) is 1.65. The second kappa shape index (κ2) is 8.49. The fourth-order valence-electron chi connectivity index (χ4n) is 2.73. The van der Waals surface area contributed by atoms with Gasteiger partial charge in [0.05, 0.1) is 0 Å². The van der Waals surface area contributed by atoms with Crippen LogP contribution in [0.4, 0.5) is 5.69 Å². The molecule has 0 radical (unpaired) electrons. The lowest BCUT2D eigenvalue weighted by Gasteiger charge is -2.18. The summed E-state index contributed by atoms with van der Waals surface area (Å²) in [7, 11) is 0. The van der Waals surface area contributed by atoms with Gasteiger partial charge in [0, 0.05) is 11.3 Å². The van der Waals surface area contributed by atoms with Crippen LogP contribution >= 0.6 is 0 Å². The third kappa shape index (κ3) is 4.53. The van der Waals surface area contributed by atoms with Crippen molar-refractivity contribution in [3.8, 4) is 17.2 Å². The Balaban J connectivity index is 1.64. The van der Waals surface area contributed by atoms with Gasteiger partial charge in [-0.05, 0) is 55.2 Å². The summed E-state index contributed by atoms with van der Waals surface area (Å²) >= 11 is 0. The number of hydrogen-bond donors (Lipinski definition) is 1. The Bertz CT molecular complexity index is 876. The predicted molar refractivity (Wildman–Crippen MR) is 104 cm³/mol. The van der Waals surface area contributed by atoms with Crippen molar-refractivity contribution in [1.29, 1.82) is 0 Å². The van der Waals surface area contributed by atoms with Gasteiger partial charge < -0.3 is 14.5 Å². The number of carbonyl (C=O) groups excluding carboxylic acids is 1. The maximum atomic E-state index is 12.6. The van der Waals surface area contributed by atoms with Crippen LogP contribution in [0, 0.1) is 0 Å². The van der Waals surface area contributed by atoms with Gasteiger partial charge in [-0.2, -0.15) is 0 Å². The maximum Gasteiger partial charge on any atom is 0.265 e. The summed E-state index contributed by atoms with van der Waals surface area (Å²) in [6.45, 7) is 6.01. The Morgan fingerprint density at radius 1 is 1.15 bits per heavy atom. The normalized spacial score (nSPS) is 13.0. The molecule has 0 spiro atoms. The van der Waals surface area contributed by atoms with Crippen LogP contribution in [0.3, 0.4) is 0 Å². The molecule has 27 heavy (non-hydrogen) atoms. The van der Waals surface area contributed by atoms with Gasteiger partial charge >= 0.3 is 0 Å². The summed E-state index contributed by atoms with van der Waals surface area (Å²) in [5.74, 6) is 1.21. The van der Waals surface area contributed by atoms with E-state index in [4.69, 9.17) is 9.15 Å². The van der Waals surface area contributed by atoms with Gasteiger partial charge in [0.15, 0.2) is 6.10 Å². The van der Waals surface area contributed by atoms with Gasteiger partial charge in [0.1, 0.15) is 5.75 Å². The van der Waals surface area contributed by atoms with Crippen LogP contribution in [0.2, 0.25) is 0 Å². The Morgan fingerprint density at radius 3 is 2.56 bits per heavy atom. The molecule has 2 atom stereocenters. The number of aromatic nitrogens is 2. The number of amides is 1. The molecule has 0 aliphatic rings. The van der Waals surface area contributed by atoms with Crippen molar-refractivity contribution in [2.45, 2.75) is 39.2 Å². The highest BCUT2D eigenvalue weighted by molar-refractivity contribution is 5.94. The number of benzene rings is 2. The Morgan fingerprint density at radius 2 is 1.89 bits per heavy atom. The van der Waals surface area contributed by atoms with E-state index in [1.807, 2.05) is 36.4 Å². The first-order valence-electron chi connectivity index (χ1n) is 9.01. The van der Waals surface area contributed by atoms with E-state index in [2.05, 4.69) is 29.4 Å². The number of nitrogens with one attached hydrogen (secondary N) is 1. The maximum absolute atomic E-state index is 12.6. The monoisotopic (exact) mass is 365 g/mol. The SMILES string of the molecule is CC[C@@H](C)c1ccccc1NC(=O)[C@@H](C)Oc1ccc(-c2nnco2)cc1. The van der Waals surface area contributed by atoms with Gasteiger partial charge in [0.2, 0.25) is 12.3 Å². The molecule has 6 heteroatoms. The molecular weight excluding hydrogens is 342 g/mol. The number of carbonyl (C=O) groups is 1. The number of rotatable bonds is 7. The van der Waals surface area contributed by atoms with Crippen molar-refractivity contribution in [2.24, 2.45) is 0 Å². The standard InChI is InChI=1S/C21H23N3O3/c1-4-14(2)18-7-5-6-8-19(18)23-20(25)15(3)27-17-11-9-16(10-12-17)21-24-22-13-26-21/h5-15H,4H2,1-3H3,(H,23,25)/t14-,15-/m1/s1. The molecule has 3 aromatic rings. The van der Waals surface area contributed by atoms with E-state index in [1.165, 1.54) is 6.39 Å². The van der Waals surface area contributed by atoms with Crippen molar-refractivity contribution in [1.82, 2.24) is 10.2 Å². The average molecular weight is 365 g/mol. The van der Waals surface area contributed by atoms with E-state index < -0.39 is 6.10 Å². The van der Waals surface area contributed by atoms with Gasteiger partial charge in [-0.3, -0.25) is 4.79 Å². The largest absolute Gasteiger partial charge is 0.481 e. The molecular formula is C21H23N3O3. The van der Waals surface area contributed by atoms with Crippen LogP contribution in [0.5, 0.6) is 5.75 Å². The first kappa shape index (κ1) is 18.6. The van der Waals surface area contributed by atoms with E-state index in [9.17, 15) is 4.79 Å². The van der Waals surface area contributed by atoms with Gasteiger partial charge in [-0.1, -0.05) is 32.0 Å². The molecule has 0 fully saturated rings. The van der Waals surface area contributed by atoms with Gasteiger partial charge in [-0.25, -0.2) is 0 Å². The fraction of sp³-hybridized carbons (Fsp3) is 0.286. The van der Waals surface area contributed by atoms with Crippen molar-refractivity contribution in [2.75, 3.05) is 5.32 Å². The molecule has 0 saturated carbocycles. The molecule has 1 aromatic heterocycles. The Kier molecular flexibility index (Phi) is 5.86. The third-order valence-corrected chi connectivity index (χ3v) is 4.51. The lowest BCUT2D eigenvalue weighted by Crippen LogP contribution is -2.30. The van der Waals surface area contributed by atoms with Crippen LogP contribution in [-0.4, -0.2) is 22.2 Å². The number of ether oxygens (including phenoxy) is 1. The minimum Gasteiger partial charge on any atom is -0.481 e. The topological polar surface area (TPSA) is 77.2 Å². The molecule has 6 nitrogen and oxygen atoms in total. The van der Waals surface area contributed by atoms with Crippen LogP contribution in [-0.2, 0) is 4.79 Å². The molecule has 1 N–H and O–H groups in total. The van der Waals surface area contributed by atoms with Crippen LogP contribution in [0.15, 0.2) is 59.3 Å². The summed E-state index contributed by atoms with van der Waals surface area (Å²) < 4.78 is 10.9. The molecule has 0 aliphatic heterocycles. The molecule has 0 aliphatic carbocycles. The molecule has 0 bridgehead atoms. The number of para-hydroxylation sites is 1. The van der Waals surface area contributed by atoms with Crippen molar-refractivity contribution in [3.63, 3.8) is 0 Å². The molecule has 3 rings (SSSR count). The number of nitrogens with zero attached hydrogens (tertiary/aromatic N) is 2. The predicted octanol–water partition coefficient (Wildman–Crippen LogP) is 4.66. The molecule has 140 valence electrons. The zero-order chi connectivity index (χ0) is 19.2. The summed E-state index contributed by atoms with van der Waals surface area (Å²) in [5, 5.41) is 10.5. The van der Waals surface area contributed by atoms with E-state index in [0.717, 1.165) is 23.2 Å². The minimum atomic E-state index is -0.635. The third-order valence-electron chi connectivity index (χ3n) is 4.51. The quantitative estimate of drug-likeness (QED) is 0.659. The Labute approximate surface area is 158 Å². The molecule has 2 aromatic carbocycles. The molecule has 1 heterocycles. The fourth-order valence-corrected chi connectivity index (χ4v) is 2.73. The van der Waals surface area contributed by atoms with Gasteiger partial charge in [0.25, 0.3) is 5.91 Å². The summed E-state index contributed by atoms with van der Waals surface area (Å²) in [4.78, 5) is 12.6. The highest BCUT2D eigenvalue weighted by Gasteiger charge is 2.17. The van der Waals surface area contributed by atoms with Crippen molar-refractivity contribution in [3.05, 3.63) is 60.5 Å². The molecule has 1 amide bonds. The molecule has 0 unspecified atom stereocenters. The summed E-state index contributed by atoms with van der Waals surface area (Å²) in [6, 6.07) is 15.0. The zero-order valence-electron chi connectivity index (χ0n) is 15.7. The number of anilines is 1. The first-order valence-corrected chi connectivity index (χ1v) is 9.01. The summed E-state index contributed by atoms with van der Waals surface area (Å²) in [5.41, 5.74) is 2.75. The second-order valence-corrected chi connectivity index (χ2v) is 6.41. The highest BCUT2D eigenvalue weighted by atomic mass is 16.5. The van der Waals surface area contributed by atoms with E-state index in [0.29, 0.717) is 17.6 Å². The van der Waals surface area contributed by atoms with E-state index in [1.54, 1.807) is 19.1 Å². The zero-order valence-corrected chi connectivity index (χ0v) is 15.7. The van der Waals surface area contributed by atoms with E-state index in [-0.39, 0.29) is 5.91 Å². The molecule has 0 saturated heterocycles. The van der Waals surface area contributed by atoms with Crippen molar-refractivity contribution >= 4 is 11.6 Å². The number of hydrogen-bond acceptors (Lipinski definition) is 5. The van der Waals surface area contributed by atoms with Gasteiger partial charge in [-0.15, -0.1) is 10.2 Å². The highest BCUT2D eigenvalue weighted by Crippen LogP contribution is 2.27. The smallest absolute Gasteiger partial charge is 0.265 e. The first-order chi connectivity index (χ1) is 13.1. The lowest BCUT2D eigenvalue weighted by molar-refractivity contribution is -0.122. The van der Waals surface area contributed by atoms with Crippen molar-refractivity contribution < 1.29 is 13.9 Å².